The number of carbonyl (C=O) groups is 1. The van der Waals surface area contributed by atoms with Gasteiger partial charge in [-0.1, -0.05) is 35.0 Å². The molecule has 2 aromatic rings. The third-order valence-corrected chi connectivity index (χ3v) is 6.37. The van der Waals surface area contributed by atoms with Crippen molar-refractivity contribution in [2.24, 2.45) is 0 Å². The third kappa shape index (κ3) is 5.19. The highest BCUT2D eigenvalue weighted by Crippen LogP contribution is 2.27. The fourth-order valence-corrected chi connectivity index (χ4v) is 3.87. The number of hydrogen-bond acceptors (Lipinski definition) is 3. The molecule has 1 aromatic carbocycles. The summed E-state index contributed by atoms with van der Waals surface area (Å²) in [6.07, 6.45) is 10.6. The van der Waals surface area contributed by atoms with Crippen LogP contribution in [0.3, 0.4) is 0 Å². The molecule has 5 heteroatoms. The maximum absolute atomic E-state index is 12.1. The Morgan fingerprint density at radius 2 is 2.00 bits per heavy atom. The van der Waals surface area contributed by atoms with Crippen molar-refractivity contribution in [2.75, 3.05) is 5.32 Å². The number of hydrogen-bond donors (Lipinski definition) is 2. The molecule has 4 nitrogen and oxygen atoms in total. The number of pyridine rings is 1. The molecular weight excluding hydrogens is 390 g/mol. The largest absolute Gasteiger partial charge is 0.382 e. The summed E-state index contributed by atoms with van der Waals surface area (Å²) in [5, 5.41) is 9.30. The number of anilines is 1. The predicted molar refractivity (Wildman–Crippen MR) is 112 cm³/mol. The molecule has 0 radical (unpaired) electrons. The van der Waals surface area contributed by atoms with E-state index in [1.807, 2.05) is 12.4 Å². The quantitative estimate of drug-likeness (QED) is 0.621. The van der Waals surface area contributed by atoms with E-state index < -0.39 is 0 Å². The van der Waals surface area contributed by atoms with E-state index in [-0.39, 0.29) is 5.91 Å². The van der Waals surface area contributed by atoms with E-state index in [0.717, 1.165) is 43.9 Å². The van der Waals surface area contributed by atoms with Crippen LogP contribution >= 0.6 is 15.9 Å². The Bertz CT molecular complexity index is 723. The van der Waals surface area contributed by atoms with Crippen LogP contribution in [0.5, 0.6) is 0 Å². The number of rotatable bonds is 7. The van der Waals surface area contributed by atoms with E-state index in [9.17, 15) is 4.79 Å². The Balaban J connectivity index is 1.47. The van der Waals surface area contributed by atoms with Crippen LogP contribution in [0, 0.1) is 0 Å². The lowest BCUT2D eigenvalue weighted by Gasteiger charge is -2.30. The summed E-state index contributed by atoms with van der Waals surface area (Å²) >= 11 is 3.59. The lowest BCUT2D eigenvalue weighted by molar-refractivity contribution is -0.122. The first-order valence-electron chi connectivity index (χ1n) is 9.68. The number of halogens is 1. The van der Waals surface area contributed by atoms with Crippen LogP contribution in [0.1, 0.15) is 51.9 Å². The standard InChI is InChI=1S/C21H28BrN3O/c1-2-16(22)6-11-21(26)25-18-9-7-17(8-10-18)24-20-5-3-4-15-14-23-13-12-19(15)20/h3-5,12-14,16-18,24H,2,6-11H2,1H3,(H,25,26). The number of benzene rings is 1. The Morgan fingerprint density at radius 1 is 1.23 bits per heavy atom. The van der Waals surface area contributed by atoms with Crippen LogP contribution in [0.15, 0.2) is 36.7 Å². The van der Waals surface area contributed by atoms with Crippen molar-refractivity contribution in [2.45, 2.75) is 68.8 Å². The Kier molecular flexibility index (Phi) is 6.89. The summed E-state index contributed by atoms with van der Waals surface area (Å²) in [5.74, 6) is 0.195. The molecule has 0 spiro atoms. The van der Waals surface area contributed by atoms with Crippen molar-refractivity contribution in [1.29, 1.82) is 0 Å². The molecule has 1 aromatic heterocycles. The normalized spacial score (nSPS) is 21.3. The van der Waals surface area contributed by atoms with E-state index in [1.54, 1.807) is 0 Å². The third-order valence-electron chi connectivity index (χ3n) is 5.26. The van der Waals surface area contributed by atoms with Crippen LogP contribution in [0.2, 0.25) is 0 Å². The number of carbonyl (C=O) groups excluding carboxylic acids is 1. The number of amides is 1. The van der Waals surface area contributed by atoms with Crippen molar-refractivity contribution >= 4 is 38.3 Å². The summed E-state index contributed by atoms with van der Waals surface area (Å²) in [7, 11) is 0. The molecule has 0 bridgehead atoms. The van der Waals surface area contributed by atoms with Crippen molar-refractivity contribution < 1.29 is 4.79 Å². The number of fused-ring (bicyclic) bond motifs is 1. The topological polar surface area (TPSA) is 54.0 Å². The SMILES string of the molecule is CCC(Br)CCC(=O)NC1CCC(Nc2cccc3cnccc23)CC1. The van der Waals surface area contributed by atoms with Gasteiger partial charge in [0, 0.05) is 52.2 Å². The maximum atomic E-state index is 12.1. The minimum atomic E-state index is 0.195. The molecule has 1 aliphatic rings. The van der Waals surface area contributed by atoms with Crippen LogP contribution in [-0.2, 0) is 4.79 Å². The van der Waals surface area contributed by atoms with Crippen LogP contribution < -0.4 is 10.6 Å². The molecule has 1 amide bonds. The number of nitrogens with zero attached hydrogens (tertiary/aromatic N) is 1. The highest BCUT2D eigenvalue weighted by atomic mass is 79.9. The van der Waals surface area contributed by atoms with E-state index in [1.165, 1.54) is 11.1 Å². The fraction of sp³-hybridized carbons (Fsp3) is 0.524. The van der Waals surface area contributed by atoms with Gasteiger partial charge in [-0.25, -0.2) is 0 Å². The zero-order chi connectivity index (χ0) is 18.4. The summed E-state index contributed by atoms with van der Waals surface area (Å²) < 4.78 is 0. The Hall–Kier alpha value is -1.62. The molecule has 1 saturated carbocycles. The molecular formula is C21H28BrN3O. The summed E-state index contributed by atoms with van der Waals surface area (Å²) in [6, 6.07) is 9.17. The lowest BCUT2D eigenvalue weighted by Crippen LogP contribution is -2.40. The van der Waals surface area contributed by atoms with Gasteiger partial charge in [0.25, 0.3) is 0 Å². The highest BCUT2D eigenvalue weighted by molar-refractivity contribution is 9.09. The van der Waals surface area contributed by atoms with Crippen LogP contribution in [0.4, 0.5) is 5.69 Å². The minimum Gasteiger partial charge on any atom is -0.382 e. The second-order valence-corrected chi connectivity index (χ2v) is 8.50. The molecule has 0 saturated heterocycles. The van der Waals surface area contributed by atoms with Gasteiger partial charge < -0.3 is 10.6 Å². The van der Waals surface area contributed by atoms with Crippen molar-refractivity contribution in [3.05, 3.63) is 36.7 Å². The van der Waals surface area contributed by atoms with Gasteiger partial charge in [-0.05, 0) is 50.7 Å². The van der Waals surface area contributed by atoms with Gasteiger partial charge >= 0.3 is 0 Å². The zero-order valence-electron chi connectivity index (χ0n) is 15.4. The van der Waals surface area contributed by atoms with Gasteiger partial charge in [0.15, 0.2) is 0 Å². The second kappa shape index (κ2) is 9.36. The molecule has 1 atom stereocenters. The van der Waals surface area contributed by atoms with Gasteiger partial charge in [-0.15, -0.1) is 0 Å². The van der Waals surface area contributed by atoms with Gasteiger partial charge in [0.05, 0.1) is 0 Å². The number of aromatic nitrogens is 1. The Labute approximate surface area is 164 Å². The summed E-state index contributed by atoms with van der Waals surface area (Å²) in [6.45, 7) is 2.14. The van der Waals surface area contributed by atoms with Gasteiger partial charge in [-0.3, -0.25) is 9.78 Å². The molecule has 1 heterocycles. The molecule has 3 rings (SSSR count). The molecule has 1 fully saturated rings. The lowest BCUT2D eigenvalue weighted by atomic mass is 9.90. The van der Waals surface area contributed by atoms with Gasteiger partial charge in [0.2, 0.25) is 5.91 Å². The molecule has 1 aliphatic carbocycles. The molecule has 2 N–H and O–H groups in total. The zero-order valence-corrected chi connectivity index (χ0v) is 17.0. The second-order valence-electron chi connectivity index (χ2n) is 7.21. The smallest absolute Gasteiger partial charge is 0.220 e. The number of alkyl halides is 1. The van der Waals surface area contributed by atoms with Crippen molar-refractivity contribution in [1.82, 2.24) is 10.3 Å². The van der Waals surface area contributed by atoms with Gasteiger partial charge in [0.1, 0.15) is 0 Å². The van der Waals surface area contributed by atoms with E-state index >= 15 is 0 Å². The van der Waals surface area contributed by atoms with E-state index in [4.69, 9.17) is 0 Å². The van der Waals surface area contributed by atoms with Crippen molar-refractivity contribution in [3.8, 4) is 0 Å². The van der Waals surface area contributed by atoms with Gasteiger partial charge in [-0.2, -0.15) is 0 Å². The van der Waals surface area contributed by atoms with E-state index in [2.05, 4.69) is 62.7 Å². The Morgan fingerprint density at radius 3 is 2.77 bits per heavy atom. The molecule has 26 heavy (non-hydrogen) atoms. The summed E-state index contributed by atoms with van der Waals surface area (Å²) in [4.78, 5) is 16.7. The molecule has 140 valence electrons. The van der Waals surface area contributed by atoms with Crippen LogP contribution in [-0.4, -0.2) is 27.8 Å². The highest BCUT2D eigenvalue weighted by Gasteiger charge is 2.22. The summed E-state index contributed by atoms with van der Waals surface area (Å²) in [5.41, 5.74) is 1.18. The first kappa shape index (κ1) is 19.2. The number of nitrogens with one attached hydrogen (secondary N) is 2. The van der Waals surface area contributed by atoms with Crippen molar-refractivity contribution in [3.63, 3.8) is 0 Å². The first-order valence-corrected chi connectivity index (χ1v) is 10.6. The maximum Gasteiger partial charge on any atom is 0.220 e. The molecule has 0 aliphatic heterocycles. The average molecular weight is 418 g/mol. The minimum absolute atomic E-state index is 0.195. The monoisotopic (exact) mass is 417 g/mol. The van der Waals surface area contributed by atoms with E-state index in [0.29, 0.717) is 23.3 Å². The first-order chi connectivity index (χ1) is 12.7. The van der Waals surface area contributed by atoms with Crippen LogP contribution in [0.25, 0.3) is 10.8 Å². The fourth-order valence-electron chi connectivity index (χ4n) is 3.64. The average Bonchev–Trinajstić information content (AvgIpc) is 2.68. The predicted octanol–water partition coefficient (Wildman–Crippen LogP) is 5.03. The molecule has 1 unspecified atom stereocenters.